The fourth-order valence-electron chi connectivity index (χ4n) is 3.00. The predicted octanol–water partition coefficient (Wildman–Crippen LogP) is 4.34. The van der Waals surface area contributed by atoms with E-state index in [2.05, 4.69) is 10.3 Å². The van der Waals surface area contributed by atoms with Gasteiger partial charge in [-0.1, -0.05) is 6.07 Å². The van der Waals surface area contributed by atoms with E-state index in [9.17, 15) is 26.7 Å². The van der Waals surface area contributed by atoms with Gasteiger partial charge in [-0.25, -0.2) is 13.6 Å². The van der Waals surface area contributed by atoms with Crippen LogP contribution >= 0.6 is 0 Å². The third kappa shape index (κ3) is 4.44. The number of hydrogen-bond donors (Lipinski definition) is 1. The molecule has 4 rings (SSSR count). The first-order valence-corrected chi connectivity index (χ1v) is 9.02. The van der Waals surface area contributed by atoms with E-state index >= 15 is 0 Å². The lowest BCUT2D eigenvalue weighted by Gasteiger charge is -2.12. The second-order valence-corrected chi connectivity index (χ2v) is 6.64. The fraction of sp³-hybridized carbons (Fsp3) is 0.200. The maximum atomic E-state index is 14.4. The Labute approximate surface area is 171 Å². The zero-order chi connectivity index (χ0) is 22.2. The number of halogens is 5. The zero-order valence-corrected chi connectivity index (χ0v) is 15.7. The van der Waals surface area contributed by atoms with Gasteiger partial charge in [-0.05, 0) is 35.9 Å². The summed E-state index contributed by atoms with van der Waals surface area (Å²) < 4.78 is 78.2. The Hall–Kier alpha value is -3.63. The molecule has 2 heterocycles. The normalized spacial score (nSPS) is 12.9. The van der Waals surface area contributed by atoms with Gasteiger partial charge in [0.25, 0.3) is 0 Å². The number of anilines is 1. The van der Waals surface area contributed by atoms with E-state index in [0.717, 1.165) is 12.1 Å². The number of ether oxygens (including phenoxy) is 2. The first-order chi connectivity index (χ1) is 14.7. The van der Waals surface area contributed by atoms with Gasteiger partial charge in [0.1, 0.15) is 24.0 Å². The number of aromatic nitrogens is 2. The van der Waals surface area contributed by atoms with Crippen LogP contribution in [0.3, 0.4) is 0 Å². The SMILES string of the molecule is O=c1nc(OCc2ccc(Oc3ccc(F)c(C(F)(F)F)c3)c(F)c2)cc2n1CCN2. The molecule has 1 aliphatic rings. The van der Waals surface area contributed by atoms with Gasteiger partial charge in [-0.2, -0.15) is 18.2 Å². The molecule has 0 atom stereocenters. The Balaban J connectivity index is 1.47. The second kappa shape index (κ2) is 7.89. The number of rotatable bonds is 5. The molecule has 0 radical (unpaired) electrons. The lowest BCUT2D eigenvalue weighted by atomic mass is 10.2. The molecular weight excluding hydrogens is 425 g/mol. The molecule has 0 unspecified atom stereocenters. The van der Waals surface area contributed by atoms with Gasteiger partial charge >= 0.3 is 11.9 Å². The number of alkyl halides is 3. The second-order valence-electron chi connectivity index (χ2n) is 6.64. The van der Waals surface area contributed by atoms with Gasteiger partial charge in [-0.3, -0.25) is 4.57 Å². The summed E-state index contributed by atoms with van der Waals surface area (Å²) in [7, 11) is 0. The van der Waals surface area contributed by atoms with Gasteiger partial charge in [0, 0.05) is 19.2 Å². The molecule has 1 N–H and O–H groups in total. The first kappa shape index (κ1) is 20.6. The molecule has 0 saturated carbocycles. The van der Waals surface area contributed by atoms with Crippen molar-refractivity contribution in [2.75, 3.05) is 11.9 Å². The molecule has 2 aromatic carbocycles. The van der Waals surface area contributed by atoms with Crippen LogP contribution in [-0.4, -0.2) is 16.1 Å². The summed E-state index contributed by atoms with van der Waals surface area (Å²) in [5, 5.41) is 3.01. The Morgan fingerprint density at radius 1 is 1.06 bits per heavy atom. The van der Waals surface area contributed by atoms with Crippen LogP contribution in [0.15, 0.2) is 47.3 Å². The summed E-state index contributed by atoms with van der Waals surface area (Å²) >= 11 is 0. The van der Waals surface area contributed by atoms with Gasteiger partial charge in [0.15, 0.2) is 11.6 Å². The van der Waals surface area contributed by atoms with E-state index in [4.69, 9.17) is 9.47 Å². The van der Waals surface area contributed by atoms with Gasteiger partial charge in [-0.15, -0.1) is 0 Å². The van der Waals surface area contributed by atoms with E-state index in [-0.39, 0.29) is 24.0 Å². The van der Waals surface area contributed by atoms with Gasteiger partial charge in [0.05, 0.1) is 5.56 Å². The summed E-state index contributed by atoms with van der Waals surface area (Å²) in [5.41, 5.74) is -1.61. The monoisotopic (exact) mass is 439 g/mol. The highest BCUT2D eigenvalue weighted by molar-refractivity contribution is 5.41. The molecule has 0 spiro atoms. The van der Waals surface area contributed by atoms with Gasteiger partial charge in [0.2, 0.25) is 5.88 Å². The summed E-state index contributed by atoms with van der Waals surface area (Å²) in [4.78, 5) is 15.7. The molecule has 0 saturated heterocycles. The number of nitrogens with zero attached hydrogens (tertiary/aromatic N) is 2. The van der Waals surface area contributed by atoms with E-state index < -0.39 is 29.1 Å². The lowest BCUT2D eigenvalue weighted by molar-refractivity contribution is -0.140. The Bertz CT molecular complexity index is 1190. The molecule has 0 bridgehead atoms. The summed E-state index contributed by atoms with van der Waals surface area (Å²) in [6, 6.07) is 7.28. The summed E-state index contributed by atoms with van der Waals surface area (Å²) in [5.74, 6) is -2.39. The number of nitrogens with one attached hydrogen (secondary N) is 1. The van der Waals surface area contributed by atoms with E-state index in [1.165, 1.54) is 16.7 Å². The first-order valence-electron chi connectivity index (χ1n) is 9.02. The minimum Gasteiger partial charge on any atom is -0.473 e. The van der Waals surface area contributed by atoms with E-state index in [1.54, 1.807) is 6.07 Å². The van der Waals surface area contributed by atoms with E-state index in [1.807, 2.05) is 0 Å². The molecule has 6 nitrogen and oxygen atoms in total. The Morgan fingerprint density at radius 3 is 2.61 bits per heavy atom. The zero-order valence-electron chi connectivity index (χ0n) is 15.7. The largest absolute Gasteiger partial charge is 0.473 e. The van der Waals surface area contributed by atoms with Crippen molar-refractivity contribution in [2.24, 2.45) is 0 Å². The average Bonchev–Trinajstić information content (AvgIpc) is 3.18. The highest BCUT2D eigenvalue weighted by atomic mass is 19.4. The van der Waals surface area contributed by atoms with Crippen LogP contribution in [0.4, 0.5) is 27.8 Å². The highest BCUT2D eigenvalue weighted by Gasteiger charge is 2.34. The molecular formula is C20H14F5N3O3. The van der Waals surface area contributed by atoms with Crippen molar-refractivity contribution >= 4 is 5.82 Å². The molecule has 3 aromatic rings. The van der Waals surface area contributed by atoms with Crippen molar-refractivity contribution in [3.8, 4) is 17.4 Å². The molecule has 0 amide bonds. The molecule has 0 fully saturated rings. The number of hydrogen-bond acceptors (Lipinski definition) is 5. The topological polar surface area (TPSA) is 65.4 Å². The van der Waals surface area contributed by atoms with Crippen LogP contribution in [0.25, 0.3) is 0 Å². The van der Waals surface area contributed by atoms with Crippen LogP contribution < -0.4 is 20.5 Å². The van der Waals surface area contributed by atoms with Crippen LogP contribution in [0.2, 0.25) is 0 Å². The average molecular weight is 439 g/mol. The van der Waals surface area contributed by atoms with Crippen LogP contribution in [0, 0.1) is 11.6 Å². The molecule has 1 aromatic heterocycles. The summed E-state index contributed by atoms with van der Waals surface area (Å²) in [6.45, 7) is 1.00. The van der Waals surface area contributed by atoms with Crippen molar-refractivity contribution in [3.05, 3.63) is 75.7 Å². The molecule has 1 aliphatic heterocycles. The predicted molar refractivity (Wildman–Crippen MR) is 99.2 cm³/mol. The maximum Gasteiger partial charge on any atom is 0.419 e. The maximum absolute atomic E-state index is 14.4. The highest BCUT2D eigenvalue weighted by Crippen LogP contribution is 2.35. The Kier molecular flexibility index (Phi) is 5.25. The van der Waals surface area contributed by atoms with Crippen molar-refractivity contribution in [2.45, 2.75) is 19.3 Å². The fourth-order valence-corrected chi connectivity index (χ4v) is 3.00. The molecule has 162 valence electrons. The van der Waals surface area contributed by atoms with Crippen molar-refractivity contribution in [1.29, 1.82) is 0 Å². The van der Waals surface area contributed by atoms with Crippen molar-refractivity contribution in [1.82, 2.24) is 9.55 Å². The van der Waals surface area contributed by atoms with Crippen LogP contribution in [0.1, 0.15) is 11.1 Å². The lowest BCUT2D eigenvalue weighted by Crippen LogP contribution is -2.21. The van der Waals surface area contributed by atoms with Crippen LogP contribution in [0.5, 0.6) is 17.4 Å². The smallest absolute Gasteiger partial charge is 0.419 e. The quantitative estimate of drug-likeness (QED) is 0.600. The van der Waals surface area contributed by atoms with Crippen molar-refractivity contribution < 1.29 is 31.4 Å². The third-order valence-corrected chi connectivity index (χ3v) is 4.48. The van der Waals surface area contributed by atoms with Crippen molar-refractivity contribution in [3.63, 3.8) is 0 Å². The molecule has 0 aliphatic carbocycles. The summed E-state index contributed by atoms with van der Waals surface area (Å²) in [6.07, 6.45) is -4.91. The minimum atomic E-state index is -4.91. The molecule has 11 heteroatoms. The number of fused-ring (bicyclic) bond motifs is 1. The molecule has 31 heavy (non-hydrogen) atoms. The van der Waals surface area contributed by atoms with Gasteiger partial charge < -0.3 is 14.8 Å². The Morgan fingerprint density at radius 2 is 1.87 bits per heavy atom. The number of benzene rings is 2. The third-order valence-electron chi connectivity index (χ3n) is 4.48. The standard InChI is InChI=1S/C20H14F5N3O3/c21-14-3-2-12(8-13(14)20(23,24)25)31-16-4-1-11(7-15(16)22)10-30-18-9-17-26-5-6-28(17)19(29)27-18/h1-4,7-9,26H,5-6,10H2. The minimum absolute atomic E-state index is 0.0670. The van der Waals surface area contributed by atoms with Crippen LogP contribution in [-0.2, 0) is 19.3 Å². The van der Waals surface area contributed by atoms with E-state index in [0.29, 0.717) is 36.6 Å².